The van der Waals surface area contributed by atoms with Crippen molar-refractivity contribution < 1.29 is 0 Å². The van der Waals surface area contributed by atoms with Crippen molar-refractivity contribution in [2.75, 3.05) is 0 Å². The number of hydrogen-bond acceptors (Lipinski definition) is 0. The Morgan fingerprint density at radius 1 is 0.231 bits per heavy atom. The van der Waals surface area contributed by atoms with Gasteiger partial charge in [-0.05, 0) is 173 Å². The summed E-state index contributed by atoms with van der Waals surface area (Å²) < 4.78 is 9.76. The van der Waals surface area contributed by atoms with Gasteiger partial charge in [0.25, 0.3) is 0 Å². The van der Waals surface area contributed by atoms with E-state index >= 15 is 0 Å². The molecule has 0 aliphatic heterocycles. The molecule has 1 aliphatic rings. The van der Waals surface area contributed by atoms with Crippen molar-refractivity contribution in [3.63, 3.8) is 0 Å². The summed E-state index contributed by atoms with van der Waals surface area (Å²) in [6, 6.07) is 97.2. The molecule has 0 bridgehead atoms. The molecule has 1 aliphatic carbocycles. The van der Waals surface area contributed by atoms with Gasteiger partial charge in [-0.3, -0.25) is 0 Å². The average molecular weight is 993 g/mol. The molecule has 0 unspecified atom stereocenters. The summed E-state index contributed by atoms with van der Waals surface area (Å²) in [4.78, 5) is 0. The SMILES string of the molecule is Cc1ccc2c(c1)c1ccccc1n2-c1cccc(-c2ccc3c(c2)c2ccccc2n3-c2ccc3c(c2)-c2cc(-n4c5ccccc5c5cc(-c6cccc(-n7c8ccccc8c8ccccc87)c6)ccc54)ccc2C3)c1. The van der Waals surface area contributed by atoms with E-state index in [0.29, 0.717) is 0 Å². The maximum atomic E-state index is 2.47. The molecule has 12 aromatic carbocycles. The minimum absolute atomic E-state index is 0.916. The molecule has 0 fully saturated rings. The summed E-state index contributed by atoms with van der Waals surface area (Å²) in [6.45, 7) is 2.18. The summed E-state index contributed by atoms with van der Waals surface area (Å²) in [5.74, 6) is 0. The number of aromatic nitrogens is 4. The van der Waals surface area contributed by atoms with E-state index in [1.807, 2.05) is 0 Å². The number of benzene rings is 12. The Morgan fingerprint density at radius 3 is 0.962 bits per heavy atom. The van der Waals surface area contributed by atoms with Crippen LogP contribution in [0, 0.1) is 6.92 Å². The van der Waals surface area contributed by atoms with Crippen molar-refractivity contribution in [2.24, 2.45) is 0 Å². The van der Waals surface area contributed by atoms with Crippen LogP contribution in [0.1, 0.15) is 16.7 Å². The second-order valence-electron chi connectivity index (χ2n) is 21.4. The fourth-order valence-electron chi connectivity index (χ4n) is 13.5. The molecule has 0 amide bonds. The average Bonchev–Trinajstić information content (AvgIpc) is 4.44. The van der Waals surface area contributed by atoms with Crippen LogP contribution in [0.3, 0.4) is 0 Å². The third kappa shape index (κ3) is 6.29. The monoisotopic (exact) mass is 992 g/mol. The van der Waals surface area contributed by atoms with Crippen molar-refractivity contribution in [2.45, 2.75) is 13.3 Å². The lowest BCUT2D eigenvalue weighted by Crippen LogP contribution is -1.96. The second kappa shape index (κ2) is 16.4. The van der Waals surface area contributed by atoms with E-state index in [9.17, 15) is 0 Å². The lowest BCUT2D eigenvalue weighted by molar-refractivity contribution is 1.17. The highest BCUT2D eigenvalue weighted by Gasteiger charge is 2.24. The first-order valence-corrected chi connectivity index (χ1v) is 27.1. The molecule has 0 spiro atoms. The van der Waals surface area contributed by atoms with E-state index in [0.717, 1.165) is 17.8 Å². The van der Waals surface area contributed by atoms with Gasteiger partial charge in [-0.2, -0.15) is 0 Å². The third-order valence-corrected chi connectivity index (χ3v) is 17.0. The quantitative estimate of drug-likeness (QED) is 0.158. The Kier molecular flexibility index (Phi) is 9.08. The summed E-state index contributed by atoms with van der Waals surface area (Å²) >= 11 is 0. The van der Waals surface area contributed by atoms with Crippen molar-refractivity contribution in [1.82, 2.24) is 18.3 Å². The predicted octanol–water partition coefficient (Wildman–Crippen LogP) is 19.3. The van der Waals surface area contributed by atoms with Crippen LogP contribution in [0.15, 0.2) is 261 Å². The van der Waals surface area contributed by atoms with E-state index in [4.69, 9.17) is 0 Å². The smallest absolute Gasteiger partial charge is 0.0541 e. The van der Waals surface area contributed by atoms with Gasteiger partial charge in [0.15, 0.2) is 0 Å². The van der Waals surface area contributed by atoms with Gasteiger partial charge in [0.2, 0.25) is 0 Å². The van der Waals surface area contributed by atoms with Crippen LogP contribution in [0.25, 0.3) is 143 Å². The second-order valence-corrected chi connectivity index (χ2v) is 21.4. The van der Waals surface area contributed by atoms with Gasteiger partial charge in [0, 0.05) is 65.8 Å². The molecule has 364 valence electrons. The highest BCUT2D eigenvalue weighted by Crippen LogP contribution is 2.44. The van der Waals surface area contributed by atoms with Gasteiger partial charge in [-0.1, -0.05) is 151 Å². The number of aryl methyl sites for hydroxylation is 1. The minimum atomic E-state index is 0.916. The molecular formula is C74H48N4. The Labute approximate surface area is 450 Å². The number of nitrogens with zero attached hydrogens (tertiary/aromatic N) is 4. The number of rotatable bonds is 6. The normalized spacial score (nSPS) is 12.4. The van der Waals surface area contributed by atoms with Gasteiger partial charge < -0.3 is 18.3 Å². The van der Waals surface area contributed by atoms with E-state index in [2.05, 4.69) is 286 Å². The first-order valence-electron chi connectivity index (χ1n) is 27.1. The molecule has 4 aromatic heterocycles. The first kappa shape index (κ1) is 43.1. The Hall–Kier alpha value is -10.2. The maximum absolute atomic E-state index is 2.47. The lowest BCUT2D eigenvalue weighted by atomic mass is 10.0. The van der Waals surface area contributed by atoms with Crippen molar-refractivity contribution in [3.05, 3.63) is 278 Å². The Morgan fingerprint density at radius 2 is 0.551 bits per heavy atom. The molecule has 0 atom stereocenters. The third-order valence-electron chi connectivity index (χ3n) is 17.0. The fraction of sp³-hybridized carbons (Fsp3) is 0.0270. The highest BCUT2D eigenvalue weighted by atomic mass is 15.0. The predicted molar refractivity (Wildman–Crippen MR) is 328 cm³/mol. The zero-order valence-corrected chi connectivity index (χ0v) is 42.8. The molecule has 0 saturated carbocycles. The molecule has 0 saturated heterocycles. The zero-order valence-electron chi connectivity index (χ0n) is 42.8. The van der Waals surface area contributed by atoms with Crippen LogP contribution in [0.5, 0.6) is 0 Å². The van der Waals surface area contributed by atoms with Crippen LogP contribution in [0.4, 0.5) is 0 Å². The van der Waals surface area contributed by atoms with Crippen LogP contribution in [-0.2, 0) is 6.42 Å². The Bertz CT molecular complexity index is 5150. The molecule has 17 rings (SSSR count). The molecule has 16 aromatic rings. The minimum Gasteiger partial charge on any atom is -0.309 e. The van der Waals surface area contributed by atoms with Crippen LogP contribution in [-0.4, -0.2) is 18.3 Å². The molecule has 4 heterocycles. The van der Waals surface area contributed by atoms with Gasteiger partial charge in [-0.25, -0.2) is 0 Å². The first-order chi connectivity index (χ1) is 38.6. The van der Waals surface area contributed by atoms with Crippen molar-refractivity contribution in [1.29, 1.82) is 0 Å². The molecule has 0 N–H and O–H groups in total. The van der Waals surface area contributed by atoms with Gasteiger partial charge in [0.05, 0.1) is 44.1 Å². The van der Waals surface area contributed by atoms with Crippen molar-refractivity contribution in [3.8, 4) is 56.1 Å². The van der Waals surface area contributed by atoms with Crippen LogP contribution in [0.2, 0.25) is 0 Å². The van der Waals surface area contributed by atoms with Crippen LogP contribution >= 0.6 is 0 Å². The lowest BCUT2D eigenvalue weighted by Gasteiger charge is -2.13. The summed E-state index contributed by atoms with van der Waals surface area (Å²) in [5.41, 5.74) is 25.7. The Balaban J connectivity index is 0.747. The molecular weight excluding hydrogens is 945 g/mol. The van der Waals surface area contributed by atoms with Crippen molar-refractivity contribution >= 4 is 87.2 Å². The van der Waals surface area contributed by atoms with Gasteiger partial charge >= 0.3 is 0 Å². The van der Waals surface area contributed by atoms with E-state index < -0.39 is 0 Å². The number of fused-ring (bicyclic) bond motifs is 15. The summed E-state index contributed by atoms with van der Waals surface area (Å²) in [5, 5.41) is 10.1. The molecule has 78 heavy (non-hydrogen) atoms. The molecule has 4 heteroatoms. The fourth-order valence-corrected chi connectivity index (χ4v) is 13.5. The van der Waals surface area contributed by atoms with Gasteiger partial charge in [0.1, 0.15) is 0 Å². The highest BCUT2D eigenvalue weighted by molar-refractivity contribution is 6.13. The number of hydrogen-bond donors (Lipinski definition) is 0. The van der Waals surface area contributed by atoms with E-state index in [1.165, 1.54) is 149 Å². The van der Waals surface area contributed by atoms with Crippen LogP contribution < -0.4 is 0 Å². The largest absolute Gasteiger partial charge is 0.309 e. The number of para-hydroxylation sites is 5. The zero-order chi connectivity index (χ0) is 51.2. The standard InChI is InChI=1S/C74H48N4/c1-46-28-35-72-64(38-46)59-20-4-9-25-69(59)76(72)54-17-13-15-48(41-54)50-32-37-74-66(43-50)61-22-6-11-27-71(61)78(74)56-34-30-52-39-51-29-33-55(44-62(51)63(52)45-56)77-70-26-10-5-21-60(70)65-42-49(31-36-73(65)77)47-14-12-16-53(40-47)75-67-23-7-2-18-57(67)58-19-3-8-24-68(58)75/h2-38,40-45H,39H2,1H3. The summed E-state index contributed by atoms with van der Waals surface area (Å²) in [7, 11) is 0. The van der Waals surface area contributed by atoms with E-state index in [-0.39, 0.29) is 0 Å². The molecule has 4 nitrogen and oxygen atoms in total. The maximum Gasteiger partial charge on any atom is 0.0541 e. The van der Waals surface area contributed by atoms with Gasteiger partial charge in [-0.15, -0.1) is 0 Å². The topological polar surface area (TPSA) is 19.7 Å². The summed E-state index contributed by atoms with van der Waals surface area (Å²) in [6.07, 6.45) is 0.916. The van der Waals surface area contributed by atoms with E-state index in [1.54, 1.807) is 0 Å². The molecule has 0 radical (unpaired) electrons.